The zero-order valence-electron chi connectivity index (χ0n) is 24.3. The van der Waals surface area contributed by atoms with E-state index in [1.165, 1.54) is 5.56 Å². The number of piperazine rings is 1. The number of aliphatic hydroxyl groups is 1. The van der Waals surface area contributed by atoms with Gasteiger partial charge in [0.1, 0.15) is 11.3 Å². The van der Waals surface area contributed by atoms with E-state index < -0.39 is 5.60 Å². The van der Waals surface area contributed by atoms with E-state index in [9.17, 15) is 9.90 Å². The fourth-order valence-electron chi connectivity index (χ4n) is 5.46. The molecule has 2 N–H and O–H groups in total. The molecule has 0 unspecified atom stereocenters. The molecule has 1 saturated carbocycles. The zero-order chi connectivity index (χ0) is 28.3. The summed E-state index contributed by atoms with van der Waals surface area (Å²) in [5.41, 5.74) is 3.52. The van der Waals surface area contributed by atoms with Crippen molar-refractivity contribution in [3.05, 3.63) is 36.0 Å². The zero-order valence-corrected chi connectivity index (χ0v) is 24.3. The average molecular weight is 550 g/mol. The number of anilines is 1. The molecule has 2 fully saturated rings. The number of hydrogen-bond acceptors (Lipinski definition) is 8. The van der Waals surface area contributed by atoms with Crippen molar-refractivity contribution in [2.24, 2.45) is 0 Å². The molecule has 0 spiro atoms. The maximum absolute atomic E-state index is 12.4. The van der Waals surface area contributed by atoms with Gasteiger partial charge in [-0.3, -0.25) is 4.90 Å². The number of aliphatic hydroxyl groups excluding tert-OH is 1. The van der Waals surface area contributed by atoms with Crippen molar-refractivity contribution in [3.63, 3.8) is 0 Å². The van der Waals surface area contributed by atoms with Crippen LogP contribution in [0.25, 0.3) is 22.3 Å². The summed E-state index contributed by atoms with van der Waals surface area (Å²) >= 11 is 0. The molecule has 0 radical (unpaired) electrons. The van der Waals surface area contributed by atoms with Gasteiger partial charge in [0.2, 0.25) is 5.95 Å². The molecule has 1 aliphatic carbocycles. The van der Waals surface area contributed by atoms with Gasteiger partial charge in [0, 0.05) is 51.0 Å². The summed E-state index contributed by atoms with van der Waals surface area (Å²) in [7, 11) is 0. The van der Waals surface area contributed by atoms with Gasteiger partial charge in [-0.15, -0.1) is 0 Å². The minimum absolute atomic E-state index is 0.215. The van der Waals surface area contributed by atoms with Crippen molar-refractivity contribution in [1.82, 2.24) is 29.5 Å². The summed E-state index contributed by atoms with van der Waals surface area (Å²) in [6.45, 7) is 12.4. The lowest BCUT2D eigenvalue weighted by atomic mass is 9.93. The predicted octanol–water partition coefficient (Wildman–Crippen LogP) is 4.84. The van der Waals surface area contributed by atoms with Crippen molar-refractivity contribution in [1.29, 1.82) is 0 Å². The molecule has 10 heteroatoms. The monoisotopic (exact) mass is 549 g/mol. The second kappa shape index (κ2) is 12.1. The van der Waals surface area contributed by atoms with Gasteiger partial charge in [-0.05, 0) is 58.4 Å². The van der Waals surface area contributed by atoms with Crippen molar-refractivity contribution >= 4 is 23.1 Å². The SMILES string of the molecule is CCCNc1ncc2c(-c3ccc(CN4CCN(C(=O)OC(C)(C)C)CC4)cc3)nn(C3CCC(O)CC3)c2n1. The fraction of sp³-hybridized carbons (Fsp3) is 0.600. The van der Waals surface area contributed by atoms with Gasteiger partial charge >= 0.3 is 6.09 Å². The van der Waals surface area contributed by atoms with Gasteiger partial charge in [0.05, 0.1) is 17.5 Å². The van der Waals surface area contributed by atoms with Crippen LogP contribution in [0.15, 0.2) is 30.5 Å². The van der Waals surface area contributed by atoms with E-state index >= 15 is 0 Å². The Morgan fingerprint density at radius 2 is 1.77 bits per heavy atom. The Kier molecular flexibility index (Phi) is 8.56. The smallest absolute Gasteiger partial charge is 0.410 e. The van der Waals surface area contributed by atoms with Crippen LogP contribution in [-0.4, -0.2) is 85.2 Å². The Hall–Kier alpha value is -3.24. The molecular formula is C30H43N7O3. The number of carbonyl (C=O) groups is 1. The molecule has 216 valence electrons. The molecule has 1 saturated heterocycles. The number of fused-ring (bicyclic) bond motifs is 1. The van der Waals surface area contributed by atoms with E-state index in [2.05, 4.69) is 51.1 Å². The first-order valence-electron chi connectivity index (χ1n) is 14.7. The summed E-state index contributed by atoms with van der Waals surface area (Å²) in [6, 6.07) is 8.80. The second-order valence-corrected chi connectivity index (χ2v) is 12.1. The average Bonchev–Trinajstić information content (AvgIpc) is 3.31. The number of nitrogens with zero attached hydrogens (tertiary/aromatic N) is 6. The molecule has 1 aromatic carbocycles. The van der Waals surface area contributed by atoms with Gasteiger partial charge in [0.15, 0.2) is 5.65 Å². The third kappa shape index (κ3) is 6.72. The van der Waals surface area contributed by atoms with Crippen LogP contribution in [0, 0.1) is 0 Å². The van der Waals surface area contributed by atoms with Gasteiger partial charge in [-0.2, -0.15) is 10.1 Å². The van der Waals surface area contributed by atoms with Crippen molar-refractivity contribution in [2.45, 2.75) is 84.1 Å². The van der Waals surface area contributed by atoms with Gasteiger partial charge in [-0.1, -0.05) is 31.2 Å². The van der Waals surface area contributed by atoms with E-state index in [4.69, 9.17) is 14.8 Å². The van der Waals surface area contributed by atoms with E-state index in [1.807, 2.05) is 27.0 Å². The van der Waals surface area contributed by atoms with Gasteiger partial charge < -0.3 is 20.1 Å². The van der Waals surface area contributed by atoms with Crippen LogP contribution in [0.4, 0.5) is 10.7 Å². The van der Waals surface area contributed by atoms with Crippen molar-refractivity contribution in [2.75, 3.05) is 38.0 Å². The largest absolute Gasteiger partial charge is 0.444 e. The van der Waals surface area contributed by atoms with Crippen LogP contribution in [-0.2, 0) is 11.3 Å². The highest BCUT2D eigenvalue weighted by molar-refractivity contribution is 5.91. The lowest BCUT2D eigenvalue weighted by molar-refractivity contribution is 0.0139. The van der Waals surface area contributed by atoms with Crippen LogP contribution in [0.5, 0.6) is 0 Å². The number of benzene rings is 1. The Bertz CT molecular complexity index is 1290. The molecule has 2 aliphatic rings. The summed E-state index contributed by atoms with van der Waals surface area (Å²) in [5, 5.41) is 19.4. The number of aromatic nitrogens is 4. The molecule has 40 heavy (non-hydrogen) atoms. The number of rotatable bonds is 7. The lowest BCUT2D eigenvalue weighted by Crippen LogP contribution is -2.49. The van der Waals surface area contributed by atoms with E-state index in [1.54, 1.807) is 4.90 Å². The fourth-order valence-corrected chi connectivity index (χ4v) is 5.46. The summed E-state index contributed by atoms with van der Waals surface area (Å²) in [5.74, 6) is 0.625. The number of hydrogen-bond donors (Lipinski definition) is 2. The highest BCUT2D eigenvalue weighted by Crippen LogP contribution is 2.34. The second-order valence-electron chi connectivity index (χ2n) is 12.1. The van der Waals surface area contributed by atoms with Crippen LogP contribution in [0.3, 0.4) is 0 Å². The number of ether oxygens (including phenoxy) is 1. The van der Waals surface area contributed by atoms with Crippen LogP contribution in [0.2, 0.25) is 0 Å². The molecular weight excluding hydrogens is 506 g/mol. The molecule has 3 heterocycles. The molecule has 2 aromatic heterocycles. The van der Waals surface area contributed by atoms with Gasteiger partial charge in [-0.25, -0.2) is 14.5 Å². The number of carbonyl (C=O) groups excluding carboxylic acids is 1. The third-order valence-electron chi connectivity index (χ3n) is 7.65. The molecule has 10 nitrogen and oxygen atoms in total. The minimum atomic E-state index is -0.476. The highest BCUT2D eigenvalue weighted by Gasteiger charge is 2.27. The Morgan fingerprint density at radius 3 is 2.42 bits per heavy atom. The van der Waals surface area contributed by atoms with Crippen LogP contribution >= 0.6 is 0 Å². The molecule has 1 amide bonds. The van der Waals surface area contributed by atoms with Crippen LogP contribution < -0.4 is 5.32 Å². The lowest BCUT2D eigenvalue weighted by Gasteiger charge is -2.35. The summed E-state index contributed by atoms with van der Waals surface area (Å²) in [6.07, 6.45) is 5.78. The summed E-state index contributed by atoms with van der Waals surface area (Å²) < 4.78 is 7.59. The van der Waals surface area contributed by atoms with E-state index in [0.717, 1.165) is 80.6 Å². The third-order valence-corrected chi connectivity index (χ3v) is 7.65. The van der Waals surface area contributed by atoms with Crippen molar-refractivity contribution < 1.29 is 14.6 Å². The van der Waals surface area contributed by atoms with Gasteiger partial charge in [0.25, 0.3) is 0 Å². The molecule has 1 aliphatic heterocycles. The first-order chi connectivity index (χ1) is 19.2. The quantitative estimate of drug-likeness (QED) is 0.431. The van der Waals surface area contributed by atoms with Crippen molar-refractivity contribution in [3.8, 4) is 11.3 Å². The first kappa shape index (κ1) is 28.3. The standard InChI is InChI=1S/C30H43N7O3/c1-5-14-31-28-32-19-25-26(34-37(27(25)33-28)23-10-12-24(38)13-11-23)22-8-6-21(7-9-22)20-35-15-17-36(18-16-35)29(39)40-30(2,3)4/h6-9,19,23-24,38H,5,10-18,20H2,1-4H3,(H,31,32,33). The maximum Gasteiger partial charge on any atom is 0.410 e. The first-order valence-corrected chi connectivity index (χ1v) is 14.7. The van der Waals surface area contributed by atoms with E-state index in [-0.39, 0.29) is 18.2 Å². The predicted molar refractivity (Wildman–Crippen MR) is 156 cm³/mol. The Morgan fingerprint density at radius 1 is 1.07 bits per heavy atom. The molecule has 0 bridgehead atoms. The van der Waals surface area contributed by atoms with E-state index in [0.29, 0.717) is 19.0 Å². The molecule has 3 aromatic rings. The number of nitrogens with one attached hydrogen (secondary N) is 1. The summed E-state index contributed by atoms with van der Waals surface area (Å²) in [4.78, 5) is 26.0. The Balaban J connectivity index is 1.30. The molecule has 5 rings (SSSR count). The highest BCUT2D eigenvalue weighted by atomic mass is 16.6. The Labute approximate surface area is 236 Å². The van der Waals surface area contributed by atoms with Crippen LogP contribution in [0.1, 0.15) is 71.4 Å². The topological polar surface area (TPSA) is 109 Å². The molecule has 0 atom stereocenters. The maximum atomic E-state index is 12.4. The normalized spacial score (nSPS) is 20.6. The number of amides is 1. The minimum Gasteiger partial charge on any atom is -0.444 e.